The predicted molar refractivity (Wildman–Crippen MR) is 101 cm³/mol. The number of halogens is 1. The molecule has 0 aliphatic heterocycles. The van der Waals surface area contributed by atoms with Gasteiger partial charge in [0.1, 0.15) is 12.3 Å². The van der Waals surface area contributed by atoms with Gasteiger partial charge in [-0.15, -0.1) is 0 Å². The minimum atomic E-state index is -0.332. The van der Waals surface area contributed by atoms with Gasteiger partial charge in [0.05, 0.1) is 19.1 Å². The molecule has 0 unspecified atom stereocenters. The highest BCUT2D eigenvalue weighted by Gasteiger charge is 2.08. The lowest BCUT2D eigenvalue weighted by molar-refractivity contribution is -0.116. The maximum atomic E-state index is 12.3. The summed E-state index contributed by atoms with van der Waals surface area (Å²) in [7, 11) is 1.55. The Balaban J connectivity index is 1.72. The lowest BCUT2D eigenvalue weighted by Crippen LogP contribution is -2.27. The van der Waals surface area contributed by atoms with Crippen LogP contribution < -0.4 is 15.6 Å². The molecule has 26 heavy (non-hydrogen) atoms. The molecule has 0 aliphatic rings. The van der Waals surface area contributed by atoms with E-state index in [9.17, 15) is 9.59 Å². The quantitative estimate of drug-likeness (QED) is 0.749. The summed E-state index contributed by atoms with van der Waals surface area (Å²) in [5.41, 5.74) is 1.58. The van der Waals surface area contributed by atoms with Crippen LogP contribution >= 0.6 is 11.6 Å². The molecule has 0 radical (unpaired) electrons. The van der Waals surface area contributed by atoms with Gasteiger partial charge in [0.25, 0.3) is 5.56 Å². The molecule has 0 spiro atoms. The maximum absolute atomic E-state index is 12.3. The van der Waals surface area contributed by atoms with Crippen molar-refractivity contribution in [2.75, 3.05) is 12.4 Å². The van der Waals surface area contributed by atoms with Crippen molar-refractivity contribution in [2.45, 2.75) is 6.54 Å². The van der Waals surface area contributed by atoms with Gasteiger partial charge in [0.2, 0.25) is 5.91 Å². The molecule has 0 saturated carbocycles. The number of nitrogens with zero attached hydrogens (tertiary/aromatic N) is 2. The summed E-state index contributed by atoms with van der Waals surface area (Å²) in [5, 5.41) is 3.33. The van der Waals surface area contributed by atoms with Crippen LogP contribution in [0.2, 0.25) is 5.02 Å². The minimum Gasteiger partial charge on any atom is -0.497 e. The normalized spacial score (nSPS) is 10.4. The Kier molecular flexibility index (Phi) is 5.34. The molecular weight excluding hydrogens is 354 g/mol. The van der Waals surface area contributed by atoms with Crippen LogP contribution in [0.3, 0.4) is 0 Å². The van der Waals surface area contributed by atoms with Gasteiger partial charge in [-0.25, -0.2) is 4.98 Å². The number of carbonyl (C=O) groups is 1. The number of ether oxygens (including phenoxy) is 1. The number of hydrogen-bond donors (Lipinski definition) is 1. The highest BCUT2D eigenvalue weighted by atomic mass is 35.5. The molecule has 0 atom stereocenters. The monoisotopic (exact) mass is 369 g/mol. The van der Waals surface area contributed by atoms with Gasteiger partial charge in [-0.05, 0) is 24.3 Å². The van der Waals surface area contributed by atoms with E-state index in [1.807, 2.05) is 0 Å². The van der Waals surface area contributed by atoms with Gasteiger partial charge in [-0.1, -0.05) is 29.8 Å². The molecule has 1 N–H and O–H groups in total. The lowest BCUT2D eigenvalue weighted by atomic mass is 10.1. The Bertz CT molecular complexity index is 984. The molecule has 0 saturated heterocycles. The van der Waals surface area contributed by atoms with E-state index < -0.39 is 0 Å². The molecule has 0 bridgehead atoms. The number of nitrogens with one attached hydrogen (secondary N) is 1. The molecule has 0 fully saturated rings. The second-order valence-electron chi connectivity index (χ2n) is 5.53. The van der Waals surface area contributed by atoms with Crippen molar-refractivity contribution in [3.8, 4) is 17.0 Å². The summed E-state index contributed by atoms with van der Waals surface area (Å²) in [4.78, 5) is 28.7. The third kappa shape index (κ3) is 4.29. The third-order valence-electron chi connectivity index (χ3n) is 3.69. The van der Waals surface area contributed by atoms with Crippen molar-refractivity contribution >= 4 is 23.2 Å². The van der Waals surface area contributed by atoms with Crippen LogP contribution in [0.15, 0.2) is 65.7 Å². The molecule has 2 aromatic carbocycles. The average molecular weight is 370 g/mol. The van der Waals surface area contributed by atoms with E-state index in [-0.39, 0.29) is 18.0 Å². The van der Waals surface area contributed by atoms with Crippen LogP contribution in [-0.4, -0.2) is 22.6 Å². The number of benzene rings is 2. The number of rotatable bonds is 5. The fourth-order valence-electron chi connectivity index (χ4n) is 2.38. The topological polar surface area (TPSA) is 73.2 Å². The standard InChI is InChI=1S/C19H16ClN3O3/c1-26-16-4-2-3-15(9-16)22-18(24)11-23-12-21-17(10-19(23)25)13-5-7-14(20)8-6-13/h2-10,12H,11H2,1H3,(H,22,24). The van der Waals surface area contributed by atoms with Gasteiger partial charge < -0.3 is 10.1 Å². The first-order valence-corrected chi connectivity index (χ1v) is 8.19. The largest absolute Gasteiger partial charge is 0.497 e. The third-order valence-corrected chi connectivity index (χ3v) is 3.94. The van der Waals surface area contributed by atoms with E-state index >= 15 is 0 Å². The second kappa shape index (κ2) is 7.84. The van der Waals surface area contributed by atoms with E-state index in [2.05, 4.69) is 10.3 Å². The zero-order valence-electron chi connectivity index (χ0n) is 14.0. The average Bonchev–Trinajstić information content (AvgIpc) is 2.64. The van der Waals surface area contributed by atoms with Crippen LogP contribution in [0.5, 0.6) is 5.75 Å². The van der Waals surface area contributed by atoms with Crippen molar-refractivity contribution in [3.63, 3.8) is 0 Å². The summed E-state index contributed by atoms with van der Waals surface area (Å²) in [6, 6.07) is 15.4. The van der Waals surface area contributed by atoms with Crippen molar-refractivity contribution in [1.82, 2.24) is 9.55 Å². The lowest BCUT2D eigenvalue weighted by Gasteiger charge is -2.09. The smallest absolute Gasteiger partial charge is 0.254 e. The van der Waals surface area contributed by atoms with Crippen molar-refractivity contribution in [3.05, 3.63) is 76.3 Å². The molecule has 1 amide bonds. The highest BCUT2D eigenvalue weighted by Crippen LogP contribution is 2.18. The summed E-state index contributed by atoms with van der Waals surface area (Å²) >= 11 is 5.86. The first kappa shape index (κ1) is 17.7. The number of hydrogen-bond acceptors (Lipinski definition) is 4. The van der Waals surface area contributed by atoms with E-state index in [0.717, 1.165) is 5.56 Å². The van der Waals surface area contributed by atoms with Crippen molar-refractivity contribution < 1.29 is 9.53 Å². The van der Waals surface area contributed by atoms with E-state index in [1.54, 1.807) is 55.6 Å². The van der Waals surface area contributed by atoms with Crippen LogP contribution in [0.1, 0.15) is 0 Å². The Morgan fingerprint density at radius 3 is 2.65 bits per heavy atom. The van der Waals surface area contributed by atoms with Crippen LogP contribution in [0, 0.1) is 0 Å². The van der Waals surface area contributed by atoms with Gasteiger partial charge in [0.15, 0.2) is 0 Å². The zero-order chi connectivity index (χ0) is 18.5. The number of amides is 1. The van der Waals surface area contributed by atoms with E-state index in [4.69, 9.17) is 16.3 Å². The number of carbonyl (C=O) groups excluding carboxylic acids is 1. The minimum absolute atomic E-state index is 0.135. The molecule has 3 rings (SSSR count). The summed E-state index contributed by atoms with van der Waals surface area (Å²) in [5.74, 6) is 0.301. The first-order valence-electron chi connectivity index (χ1n) is 7.81. The van der Waals surface area contributed by atoms with Crippen LogP contribution in [0.25, 0.3) is 11.3 Å². The number of aromatic nitrogens is 2. The fraction of sp³-hybridized carbons (Fsp3) is 0.105. The highest BCUT2D eigenvalue weighted by molar-refractivity contribution is 6.30. The predicted octanol–water partition coefficient (Wildman–Crippen LogP) is 3.21. The molecule has 132 valence electrons. The van der Waals surface area contributed by atoms with E-state index in [1.165, 1.54) is 17.0 Å². The van der Waals surface area contributed by atoms with E-state index in [0.29, 0.717) is 22.2 Å². The first-order chi connectivity index (χ1) is 12.5. The Hall–Kier alpha value is -3.12. The van der Waals surface area contributed by atoms with Gasteiger partial charge in [-0.3, -0.25) is 14.2 Å². The second-order valence-corrected chi connectivity index (χ2v) is 5.96. The Morgan fingerprint density at radius 1 is 1.19 bits per heavy atom. The molecule has 0 aliphatic carbocycles. The SMILES string of the molecule is COc1cccc(NC(=O)Cn2cnc(-c3ccc(Cl)cc3)cc2=O)c1. The molecule has 1 aromatic heterocycles. The van der Waals surface area contributed by atoms with Gasteiger partial charge in [0, 0.05) is 28.4 Å². The molecule has 6 nitrogen and oxygen atoms in total. The summed E-state index contributed by atoms with van der Waals surface area (Å²) in [6.07, 6.45) is 1.36. The fourth-order valence-corrected chi connectivity index (χ4v) is 2.51. The van der Waals surface area contributed by atoms with Crippen molar-refractivity contribution in [2.24, 2.45) is 0 Å². The van der Waals surface area contributed by atoms with Gasteiger partial charge in [-0.2, -0.15) is 0 Å². The summed E-state index contributed by atoms with van der Waals surface area (Å²) < 4.78 is 6.36. The molecular formula is C19H16ClN3O3. The summed E-state index contributed by atoms with van der Waals surface area (Å²) in [6.45, 7) is -0.135. The number of anilines is 1. The molecule has 7 heteroatoms. The van der Waals surface area contributed by atoms with Crippen LogP contribution in [0.4, 0.5) is 5.69 Å². The van der Waals surface area contributed by atoms with Gasteiger partial charge >= 0.3 is 0 Å². The zero-order valence-corrected chi connectivity index (χ0v) is 14.7. The van der Waals surface area contributed by atoms with Crippen LogP contribution in [-0.2, 0) is 11.3 Å². The van der Waals surface area contributed by atoms with Crippen molar-refractivity contribution in [1.29, 1.82) is 0 Å². The Labute approximate surface area is 155 Å². The molecule has 1 heterocycles. The Morgan fingerprint density at radius 2 is 1.96 bits per heavy atom. The maximum Gasteiger partial charge on any atom is 0.254 e. The molecule has 3 aromatic rings. The number of methoxy groups -OCH3 is 1.